The van der Waals surface area contributed by atoms with Crippen LogP contribution in [0.25, 0.3) is 11.0 Å². The number of benzene rings is 2. The van der Waals surface area contributed by atoms with Crippen LogP contribution < -0.4 is 0 Å². The maximum Gasteiger partial charge on any atom is 0.254 e. The highest BCUT2D eigenvalue weighted by Gasteiger charge is 2.19. The summed E-state index contributed by atoms with van der Waals surface area (Å²) in [6.07, 6.45) is 0.695. The minimum absolute atomic E-state index is 0.0131. The number of halogens is 2. The average molecular weight is 329 g/mol. The topological polar surface area (TPSA) is 33.5 Å². The Bertz CT molecular complexity index is 881. The first-order valence-electron chi connectivity index (χ1n) is 7.70. The Labute approximate surface area is 138 Å². The zero-order valence-corrected chi connectivity index (χ0v) is 13.5. The van der Waals surface area contributed by atoms with Crippen molar-refractivity contribution in [2.45, 2.75) is 19.9 Å². The number of hydrogen-bond donors (Lipinski definition) is 0. The second-order valence-electron chi connectivity index (χ2n) is 5.67. The van der Waals surface area contributed by atoms with Crippen molar-refractivity contribution < 1.29 is 18.0 Å². The predicted octanol–water partition coefficient (Wildman–Crippen LogP) is 4.55. The third-order valence-corrected chi connectivity index (χ3v) is 3.95. The van der Waals surface area contributed by atoms with Crippen LogP contribution in [-0.4, -0.2) is 17.9 Å². The van der Waals surface area contributed by atoms with Gasteiger partial charge in [0.15, 0.2) is 0 Å². The summed E-state index contributed by atoms with van der Waals surface area (Å²) in [5.74, 6) is -1.17. The highest BCUT2D eigenvalue weighted by molar-refractivity contribution is 5.94. The normalized spacial score (nSPS) is 11.0. The van der Waals surface area contributed by atoms with E-state index in [0.717, 1.165) is 40.5 Å². The van der Waals surface area contributed by atoms with Gasteiger partial charge in [-0.15, -0.1) is 0 Å². The molecule has 0 saturated heterocycles. The van der Waals surface area contributed by atoms with E-state index >= 15 is 0 Å². The molecule has 3 aromatic rings. The van der Waals surface area contributed by atoms with Gasteiger partial charge in [0.25, 0.3) is 5.91 Å². The Balaban J connectivity index is 1.92. The number of para-hydroxylation sites is 1. The number of carbonyl (C=O) groups is 1. The van der Waals surface area contributed by atoms with Crippen LogP contribution in [0.15, 0.2) is 46.9 Å². The molecule has 5 heteroatoms. The van der Waals surface area contributed by atoms with Gasteiger partial charge in [0.05, 0.1) is 0 Å². The molecule has 0 saturated carbocycles. The van der Waals surface area contributed by atoms with E-state index in [2.05, 4.69) is 0 Å². The summed E-state index contributed by atoms with van der Waals surface area (Å²) in [6, 6.07) is 10.4. The average Bonchev–Trinajstić information content (AvgIpc) is 2.91. The van der Waals surface area contributed by atoms with Crippen molar-refractivity contribution in [2.24, 2.45) is 0 Å². The highest BCUT2D eigenvalue weighted by atomic mass is 19.1. The van der Waals surface area contributed by atoms with Gasteiger partial charge < -0.3 is 9.32 Å². The van der Waals surface area contributed by atoms with Crippen LogP contribution >= 0.6 is 0 Å². The molecule has 0 N–H and O–H groups in total. The molecule has 0 fully saturated rings. The first-order valence-corrected chi connectivity index (χ1v) is 7.70. The van der Waals surface area contributed by atoms with Crippen LogP contribution in [0.3, 0.4) is 0 Å². The Kier molecular flexibility index (Phi) is 4.34. The maximum absolute atomic E-state index is 13.3. The molecule has 24 heavy (non-hydrogen) atoms. The van der Waals surface area contributed by atoms with Crippen molar-refractivity contribution in [2.75, 3.05) is 7.05 Å². The first kappa shape index (κ1) is 16.2. The molecule has 0 aliphatic rings. The third-order valence-electron chi connectivity index (χ3n) is 3.95. The largest absolute Gasteiger partial charge is 0.461 e. The molecule has 1 amide bonds. The SMILES string of the molecule is CCc1oc2ccccc2c1CN(C)C(=O)c1cc(F)cc(F)c1. The molecular formula is C19H17F2NO2. The van der Waals surface area contributed by atoms with Crippen molar-refractivity contribution in [3.8, 4) is 0 Å². The smallest absolute Gasteiger partial charge is 0.254 e. The minimum atomic E-state index is -0.769. The molecule has 0 bridgehead atoms. The Hall–Kier alpha value is -2.69. The summed E-state index contributed by atoms with van der Waals surface area (Å²) in [6.45, 7) is 2.28. The van der Waals surface area contributed by atoms with Gasteiger partial charge >= 0.3 is 0 Å². The van der Waals surface area contributed by atoms with E-state index in [1.54, 1.807) is 7.05 Å². The molecule has 0 radical (unpaired) electrons. The van der Waals surface area contributed by atoms with E-state index in [1.807, 2.05) is 31.2 Å². The monoisotopic (exact) mass is 329 g/mol. The highest BCUT2D eigenvalue weighted by Crippen LogP contribution is 2.27. The van der Waals surface area contributed by atoms with Crippen molar-refractivity contribution >= 4 is 16.9 Å². The molecule has 1 heterocycles. The molecule has 1 aromatic heterocycles. The molecule has 3 nitrogen and oxygen atoms in total. The summed E-state index contributed by atoms with van der Waals surface area (Å²) in [5, 5.41) is 0.944. The minimum Gasteiger partial charge on any atom is -0.461 e. The number of aryl methyl sites for hydroxylation is 1. The number of hydrogen-bond acceptors (Lipinski definition) is 2. The fourth-order valence-corrected chi connectivity index (χ4v) is 2.82. The fraction of sp³-hybridized carbons (Fsp3) is 0.211. The Morgan fingerprint density at radius 2 is 1.79 bits per heavy atom. The lowest BCUT2D eigenvalue weighted by Crippen LogP contribution is -2.26. The van der Waals surface area contributed by atoms with Crippen molar-refractivity contribution in [3.63, 3.8) is 0 Å². The fourth-order valence-electron chi connectivity index (χ4n) is 2.82. The third kappa shape index (κ3) is 3.02. The lowest BCUT2D eigenvalue weighted by molar-refractivity contribution is 0.0784. The van der Waals surface area contributed by atoms with Gasteiger partial charge in [0.2, 0.25) is 0 Å². The first-order chi connectivity index (χ1) is 11.5. The van der Waals surface area contributed by atoms with Gasteiger partial charge in [-0.25, -0.2) is 8.78 Å². The van der Waals surface area contributed by atoms with E-state index < -0.39 is 17.5 Å². The number of furan rings is 1. The molecule has 124 valence electrons. The molecule has 0 aliphatic carbocycles. The summed E-state index contributed by atoms with van der Waals surface area (Å²) in [5.41, 5.74) is 1.67. The zero-order chi connectivity index (χ0) is 17.3. The maximum atomic E-state index is 13.3. The van der Waals surface area contributed by atoms with Crippen LogP contribution in [0.2, 0.25) is 0 Å². The van der Waals surface area contributed by atoms with Crippen LogP contribution in [-0.2, 0) is 13.0 Å². The second-order valence-corrected chi connectivity index (χ2v) is 5.67. The number of amides is 1. The van der Waals surface area contributed by atoms with E-state index in [9.17, 15) is 13.6 Å². The Morgan fingerprint density at radius 1 is 1.12 bits per heavy atom. The molecule has 0 spiro atoms. The summed E-state index contributed by atoms with van der Waals surface area (Å²) < 4.78 is 32.5. The van der Waals surface area contributed by atoms with Crippen LogP contribution in [0.5, 0.6) is 0 Å². The van der Waals surface area contributed by atoms with Crippen molar-refractivity contribution in [1.29, 1.82) is 0 Å². The summed E-state index contributed by atoms with van der Waals surface area (Å²) in [4.78, 5) is 13.9. The van der Waals surface area contributed by atoms with Gasteiger partial charge in [-0.2, -0.15) is 0 Å². The molecule has 0 aliphatic heterocycles. The lowest BCUT2D eigenvalue weighted by atomic mass is 10.1. The number of fused-ring (bicyclic) bond motifs is 1. The molecule has 0 atom stereocenters. The quantitative estimate of drug-likeness (QED) is 0.704. The van der Waals surface area contributed by atoms with E-state index in [1.165, 1.54) is 4.90 Å². The van der Waals surface area contributed by atoms with Crippen LogP contribution in [0.1, 0.15) is 28.6 Å². The van der Waals surface area contributed by atoms with E-state index in [-0.39, 0.29) is 5.56 Å². The molecule has 2 aromatic carbocycles. The summed E-state index contributed by atoms with van der Waals surface area (Å²) in [7, 11) is 1.60. The zero-order valence-electron chi connectivity index (χ0n) is 13.5. The number of carbonyl (C=O) groups excluding carboxylic acids is 1. The summed E-state index contributed by atoms with van der Waals surface area (Å²) >= 11 is 0. The number of nitrogens with zero attached hydrogens (tertiary/aromatic N) is 1. The van der Waals surface area contributed by atoms with Crippen molar-refractivity contribution in [3.05, 3.63) is 71.0 Å². The van der Waals surface area contributed by atoms with Gasteiger partial charge in [0, 0.05) is 42.6 Å². The van der Waals surface area contributed by atoms with E-state index in [0.29, 0.717) is 13.0 Å². The molecule has 3 rings (SSSR count). The predicted molar refractivity (Wildman–Crippen MR) is 87.7 cm³/mol. The standard InChI is InChI=1S/C19H17F2NO2/c1-3-17-16(15-6-4-5-7-18(15)24-17)11-22(2)19(23)12-8-13(20)10-14(21)9-12/h4-10H,3,11H2,1-2H3. The van der Waals surface area contributed by atoms with Gasteiger partial charge in [-0.1, -0.05) is 25.1 Å². The molecular weight excluding hydrogens is 312 g/mol. The van der Waals surface area contributed by atoms with Crippen LogP contribution in [0, 0.1) is 11.6 Å². The van der Waals surface area contributed by atoms with E-state index in [4.69, 9.17) is 4.42 Å². The van der Waals surface area contributed by atoms with Gasteiger partial charge in [-0.3, -0.25) is 4.79 Å². The lowest BCUT2D eigenvalue weighted by Gasteiger charge is -2.17. The number of rotatable bonds is 4. The molecule has 0 unspecified atom stereocenters. The second kappa shape index (κ2) is 6.43. The van der Waals surface area contributed by atoms with Gasteiger partial charge in [-0.05, 0) is 18.2 Å². The Morgan fingerprint density at radius 3 is 2.46 bits per heavy atom. The van der Waals surface area contributed by atoms with Crippen molar-refractivity contribution in [1.82, 2.24) is 4.90 Å². The van der Waals surface area contributed by atoms with Gasteiger partial charge in [0.1, 0.15) is 23.0 Å². The van der Waals surface area contributed by atoms with Crippen LogP contribution in [0.4, 0.5) is 8.78 Å².